The Labute approximate surface area is 89.1 Å². The Bertz CT molecular complexity index is 459. The van der Waals surface area contributed by atoms with Crippen molar-refractivity contribution in [1.29, 1.82) is 0 Å². The van der Waals surface area contributed by atoms with Crippen molar-refractivity contribution in [3.63, 3.8) is 0 Å². The van der Waals surface area contributed by atoms with Gasteiger partial charge in [0.1, 0.15) is 5.82 Å². The molecule has 0 aromatic carbocycles. The highest BCUT2D eigenvalue weighted by Gasteiger charge is 2.10. The molecule has 0 spiro atoms. The molecule has 0 fully saturated rings. The van der Waals surface area contributed by atoms with Gasteiger partial charge in [0.15, 0.2) is 5.65 Å². The Hall–Kier alpha value is -1.42. The largest absolute Gasteiger partial charge is 0.330 e. The summed E-state index contributed by atoms with van der Waals surface area (Å²) in [5.41, 5.74) is 7.66. The lowest BCUT2D eigenvalue weighted by Gasteiger charge is -2.04. The molecular formula is C11H16N4. The summed E-state index contributed by atoms with van der Waals surface area (Å²) in [5, 5.41) is 8.43. The molecule has 2 rings (SSSR count). The average Bonchev–Trinajstić information content (AvgIpc) is 2.62. The van der Waals surface area contributed by atoms with E-state index in [4.69, 9.17) is 5.73 Å². The topological polar surface area (TPSA) is 56.2 Å². The molecular weight excluding hydrogens is 188 g/mol. The van der Waals surface area contributed by atoms with Crippen LogP contribution in [0.4, 0.5) is 0 Å². The lowest BCUT2D eigenvalue weighted by atomic mass is 10.2. The molecule has 0 radical (unpaired) electrons. The second-order valence-corrected chi connectivity index (χ2v) is 3.98. The molecule has 0 aliphatic carbocycles. The number of hydrogen-bond acceptors (Lipinski definition) is 3. The maximum atomic E-state index is 5.56. The summed E-state index contributed by atoms with van der Waals surface area (Å²) >= 11 is 0. The minimum Gasteiger partial charge on any atom is -0.330 e. The Morgan fingerprint density at radius 2 is 2.20 bits per heavy atom. The predicted molar refractivity (Wildman–Crippen MR) is 59.8 cm³/mol. The normalized spacial score (nSPS) is 11.5. The molecule has 0 saturated heterocycles. The molecule has 15 heavy (non-hydrogen) atoms. The number of hydrogen-bond donors (Lipinski definition) is 1. The molecule has 0 unspecified atom stereocenters. The molecule has 2 heterocycles. The van der Waals surface area contributed by atoms with Gasteiger partial charge in [-0.05, 0) is 24.6 Å². The molecule has 0 aliphatic heterocycles. The fraction of sp³-hybridized carbons (Fsp3) is 0.455. The van der Waals surface area contributed by atoms with E-state index < -0.39 is 0 Å². The second kappa shape index (κ2) is 3.98. The SMILES string of the molecule is CC(C)c1nnc2c(CCN)cccn12. The van der Waals surface area contributed by atoms with Crippen LogP contribution in [-0.4, -0.2) is 21.1 Å². The molecule has 2 aromatic rings. The first-order valence-corrected chi connectivity index (χ1v) is 5.26. The van der Waals surface area contributed by atoms with Gasteiger partial charge in [-0.15, -0.1) is 10.2 Å². The van der Waals surface area contributed by atoms with Crippen LogP contribution in [0, 0.1) is 0 Å². The standard InChI is InChI=1S/C11H16N4/c1-8(2)10-13-14-11-9(5-6-12)4-3-7-15(10)11/h3-4,7-8H,5-6,12H2,1-2H3. The zero-order valence-electron chi connectivity index (χ0n) is 9.14. The quantitative estimate of drug-likeness (QED) is 0.821. The van der Waals surface area contributed by atoms with E-state index in [1.54, 1.807) is 0 Å². The molecule has 4 nitrogen and oxygen atoms in total. The van der Waals surface area contributed by atoms with Gasteiger partial charge in [-0.2, -0.15) is 0 Å². The van der Waals surface area contributed by atoms with Crippen LogP contribution in [0.1, 0.15) is 31.2 Å². The van der Waals surface area contributed by atoms with Crippen molar-refractivity contribution in [1.82, 2.24) is 14.6 Å². The first-order valence-electron chi connectivity index (χ1n) is 5.26. The number of pyridine rings is 1. The molecule has 2 N–H and O–H groups in total. The first-order chi connectivity index (χ1) is 7.24. The summed E-state index contributed by atoms with van der Waals surface area (Å²) < 4.78 is 2.05. The van der Waals surface area contributed by atoms with E-state index in [2.05, 4.69) is 34.5 Å². The Morgan fingerprint density at radius 3 is 2.87 bits per heavy atom. The van der Waals surface area contributed by atoms with Gasteiger partial charge in [-0.25, -0.2) is 0 Å². The molecule has 0 bridgehead atoms. The van der Waals surface area contributed by atoms with Crippen molar-refractivity contribution in [2.75, 3.05) is 6.54 Å². The van der Waals surface area contributed by atoms with Gasteiger partial charge < -0.3 is 5.73 Å². The average molecular weight is 204 g/mol. The Morgan fingerprint density at radius 1 is 1.40 bits per heavy atom. The summed E-state index contributed by atoms with van der Waals surface area (Å²) in [5.74, 6) is 1.39. The molecule has 80 valence electrons. The summed E-state index contributed by atoms with van der Waals surface area (Å²) in [6.07, 6.45) is 2.85. The van der Waals surface area contributed by atoms with Gasteiger partial charge in [0.25, 0.3) is 0 Å². The fourth-order valence-electron chi connectivity index (χ4n) is 1.73. The molecule has 2 aromatic heterocycles. The summed E-state index contributed by atoms with van der Waals surface area (Å²) in [4.78, 5) is 0. The zero-order valence-corrected chi connectivity index (χ0v) is 9.14. The van der Waals surface area contributed by atoms with Gasteiger partial charge in [0.2, 0.25) is 0 Å². The number of aromatic nitrogens is 3. The molecule has 4 heteroatoms. The van der Waals surface area contributed by atoms with Crippen LogP contribution in [-0.2, 0) is 6.42 Å². The van der Waals surface area contributed by atoms with Crippen LogP contribution in [0.25, 0.3) is 5.65 Å². The highest BCUT2D eigenvalue weighted by Crippen LogP contribution is 2.16. The van der Waals surface area contributed by atoms with E-state index in [1.807, 2.05) is 12.3 Å². The fourth-order valence-corrected chi connectivity index (χ4v) is 1.73. The van der Waals surface area contributed by atoms with Crippen LogP contribution in [0.3, 0.4) is 0 Å². The monoisotopic (exact) mass is 204 g/mol. The van der Waals surface area contributed by atoms with E-state index >= 15 is 0 Å². The summed E-state index contributed by atoms with van der Waals surface area (Å²) in [6, 6.07) is 4.08. The van der Waals surface area contributed by atoms with Crippen molar-refractivity contribution in [3.05, 3.63) is 29.7 Å². The van der Waals surface area contributed by atoms with Crippen LogP contribution in [0.15, 0.2) is 18.3 Å². The highest BCUT2D eigenvalue weighted by atomic mass is 15.2. The minimum absolute atomic E-state index is 0.383. The number of nitrogens with two attached hydrogens (primary N) is 1. The van der Waals surface area contributed by atoms with E-state index in [1.165, 1.54) is 5.56 Å². The number of fused-ring (bicyclic) bond motifs is 1. The lowest BCUT2D eigenvalue weighted by molar-refractivity contribution is 0.758. The van der Waals surface area contributed by atoms with Crippen molar-refractivity contribution in [3.8, 4) is 0 Å². The molecule has 0 aliphatic rings. The second-order valence-electron chi connectivity index (χ2n) is 3.98. The molecule has 0 amide bonds. The third-order valence-electron chi connectivity index (χ3n) is 2.47. The molecule has 0 saturated carbocycles. The Kier molecular flexibility index (Phi) is 2.68. The summed E-state index contributed by atoms with van der Waals surface area (Å²) in [6.45, 7) is 4.88. The van der Waals surface area contributed by atoms with Crippen LogP contribution >= 0.6 is 0 Å². The van der Waals surface area contributed by atoms with Crippen molar-refractivity contribution in [2.24, 2.45) is 5.73 Å². The van der Waals surface area contributed by atoms with Gasteiger partial charge in [-0.1, -0.05) is 19.9 Å². The molecule has 0 atom stereocenters. The first kappa shape index (κ1) is 10.1. The maximum Gasteiger partial charge on any atom is 0.164 e. The predicted octanol–water partition coefficient (Wildman–Crippen LogP) is 1.35. The van der Waals surface area contributed by atoms with E-state index in [0.29, 0.717) is 12.5 Å². The van der Waals surface area contributed by atoms with Crippen molar-refractivity contribution >= 4 is 5.65 Å². The van der Waals surface area contributed by atoms with Crippen LogP contribution in [0.2, 0.25) is 0 Å². The minimum atomic E-state index is 0.383. The smallest absolute Gasteiger partial charge is 0.164 e. The van der Waals surface area contributed by atoms with Gasteiger partial charge in [-0.3, -0.25) is 4.40 Å². The van der Waals surface area contributed by atoms with Crippen LogP contribution < -0.4 is 5.73 Å². The van der Waals surface area contributed by atoms with E-state index in [0.717, 1.165) is 17.9 Å². The van der Waals surface area contributed by atoms with Gasteiger partial charge in [0.05, 0.1) is 0 Å². The maximum absolute atomic E-state index is 5.56. The van der Waals surface area contributed by atoms with E-state index in [9.17, 15) is 0 Å². The lowest BCUT2D eigenvalue weighted by Crippen LogP contribution is -2.05. The third kappa shape index (κ3) is 1.72. The van der Waals surface area contributed by atoms with Gasteiger partial charge in [0, 0.05) is 12.1 Å². The van der Waals surface area contributed by atoms with Crippen molar-refractivity contribution < 1.29 is 0 Å². The van der Waals surface area contributed by atoms with Crippen molar-refractivity contribution in [2.45, 2.75) is 26.2 Å². The zero-order chi connectivity index (χ0) is 10.8. The Balaban J connectivity index is 2.58. The van der Waals surface area contributed by atoms with Gasteiger partial charge >= 0.3 is 0 Å². The highest BCUT2D eigenvalue weighted by molar-refractivity contribution is 5.47. The van der Waals surface area contributed by atoms with Crippen LogP contribution in [0.5, 0.6) is 0 Å². The summed E-state index contributed by atoms with van der Waals surface area (Å²) in [7, 11) is 0. The number of rotatable bonds is 3. The third-order valence-corrected chi connectivity index (χ3v) is 2.47. The van der Waals surface area contributed by atoms with E-state index in [-0.39, 0.29) is 0 Å². The number of nitrogens with zero attached hydrogens (tertiary/aromatic N) is 3.